The zero-order valence-corrected chi connectivity index (χ0v) is 13.8. The minimum Gasteiger partial charge on any atom is -0.366 e. The molecule has 0 bridgehead atoms. The molecule has 0 atom stereocenters. The summed E-state index contributed by atoms with van der Waals surface area (Å²) in [4.78, 5) is 37.3. The number of ketones is 2. The van der Waals surface area contributed by atoms with E-state index in [4.69, 9.17) is 0 Å². The Morgan fingerprint density at radius 1 is 0.880 bits per heavy atom. The molecule has 2 aromatic rings. The number of carbonyl (C=O) groups excluding carboxylic acids is 2. The number of aromatic nitrogens is 2. The third kappa shape index (κ3) is 3.08. The SMILES string of the molecule is O=C1C=C(N2CCN(Cc3ccccc3)CC2)C(=O)c2nccnc21. The van der Waals surface area contributed by atoms with Gasteiger partial charge in [-0.05, 0) is 5.56 Å². The molecule has 1 aliphatic carbocycles. The van der Waals surface area contributed by atoms with Gasteiger partial charge in [0.1, 0.15) is 11.4 Å². The van der Waals surface area contributed by atoms with Gasteiger partial charge in [-0.2, -0.15) is 0 Å². The molecule has 1 aliphatic heterocycles. The molecule has 25 heavy (non-hydrogen) atoms. The molecule has 0 unspecified atom stereocenters. The normalized spacial score (nSPS) is 18.1. The molecule has 4 rings (SSSR count). The zero-order chi connectivity index (χ0) is 17.2. The van der Waals surface area contributed by atoms with Gasteiger partial charge in [-0.15, -0.1) is 0 Å². The Kier molecular flexibility index (Phi) is 4.11. The van der Waals surface area contributed by atoms with Crippen LogP contribution in [-0.4, -0.2) is 57.5 Å². The minimum absolute atomic E-state index is 0.152. The summed E-state index contributed by atoms with van der Waals surface area (Å²) >= 11 is 0. The fourth-order valence-corrected chi connectivity index (χ4v) is 3.29. The lowest BCUT2D eigenvalue weighted by molar-refractivity contribution is 0.0904. The van der Waals surface area contributed by atoms with Crippen LogP contribution in [0.2, 0.25) is 0 Å². The highest BCUT2D eigenvalue weighted by Gasteiger charge is 2.32. The lowest BCUT2D eigenvalue weighted by Gasteiger charge is -2.37. The third-order valence-electron chi connectivity index (χ3n) is 4.61. The summed E-state index contributed by atoms with van der Waals surface area (Å²) in [5.41, 5.74) is 2.04. The molecule has 1 saturated heterocycles. The Labute approximate surface area is 145 Å². The predicted octanol–water partition coefficient (Wildman–Crippen LogP) is 1.56. The van der Waals surface area contributed by atoms with Crippen molar-refractivity contribution in [2.24, 2.45) is 0 Å². The lowest BCUT2D eigenvalue weighted by Crippen LogP contribution is -2.47. The maximum Gasteiger partial charge on any atom is 0.229 e. The van der Waals surface area contributed by atoms with Crippen molar-refractivity contribution >= 4 is 11.6 Å². The van der Waals surface area contributed by atoms with Gasteiger partial charge in [-0.3, -0.25) is 14.5 Å². The van der Waals surface area contributed by atoms with Gasteiger partial charge in [0.15, 0.2) is 0 Å². The van der Waals surface area contributed by atoms with E-state index in [1.54, 1.807) is 0 Å². The fourth-order valence-electron chi connectivity index (χ4n) is 3.29. The Bertz CT molecular complexity index is 840. The highest BCUT2D eigenvalue weighted by molar-refractivity contribution is 6.22. The van der Waals surface area contributed by atoms with Crippen LogP contribution in [-0.2, 0) is 6.54 Å². The molecule has 6 heteroatoms. The number of fused-ring (bicyclic) bond motifs is 1. The maximum absolute atomic E-state index is 12.7. The molecule has 126 valence electrons. The number of piperazine rings is 1. The number of benzene rings is 1. The first-order valence-corrected chi connectivity index (χ1v) is 8.35. The first-order chi connectivity index (χ1) is 12.2. The number of allylic oxidation sites excluding steroid dienone is 2. The predicted molar refractivity (Wildman–Crippen MR) is 92.1 cm³/mol. The standard InChI is InChI=1S/C19H18N4O2/c24-16-12-15(19(25)18-17(16)20-6-7-21-18)23-10-8-22(9-11-23)13-14-4-2-1-3-5-14/h1-7,12H,8-11,13H2. The summed E-state index contributed by atoms with van der Waals surface area (Å²) in [7, 11) is 0. The van der Waals surface area contributed by atoms with Gasteiger partial charge < -0.3 is 4.90 Å². The van der Waals surface area contributed by atoms with Crippen LogP contribution in [0, 0.1) is 0 Å². The summed E-state index contributed by atoms with van der Waals surface area (Å²) in [5, 5.41) is 0. The Morgan fingerprint density at radius 2 is 1.56 bits per heavy atom. The van der Waals surface area contributed by atoms with Crippen molar-refractivity contribution < 1.29 is 9.59 Å². The van der Waals surface area contributed by atoms with Gasteiger partial charge in [-0.1, -0.05) is 30.3 Å². The number of hydrogen-bond acceptors (Lipinski definition) is 6. The molecule has 6 nitrogen and oxygen atoms in total. The highest BCUT2D eigenvalue weighted by Crippen LogP contribution is 2.22. The van der Waals surface area contributed by atoms with E-state index in [2.05, 4.69) is 27.0 Å². The quantitative estimate of drug-likeness (QED) is 0.849. The van der Waals surface area contributed by atoms with E-state index in [9.17, 15) is 9.59 Å². The smallest absolute Gasteiger partial charge is 0.229 e. The van der Waals surface area contributed by atoms with Gasteiger partial charge in [0, 0.05) is 51.2 Å². The van der Waals surface area contributed by atoms with Crippen molar-refractivity contribution in [1.29, 1.82) is 0 Å². The van der Waals surface area contributed by atoms with Gasteiger partial charge in [0.05, 0.1) is 5.70 Å². The first-order valence-electron chi connectivity index (χ1n) is 8.35. The van der Waals surface area contributed by atoms with Crippen molar-refractivity contribution in [3.63, 3.8) is 0 Å². The van der Waals surface area contributed by atoms with Crippen molar-refractivity contribution in [2.45, 2.75) is 6.54 Å². The zero-order valence-electron chi connectivity index (χ0n) is 13.8. The van der Waals surface area contributed by atoms with Crippen LogP contribution < -0.4 is 0 Å². The highest BCUT2D eigenvalue weighted by atomic mass is 16.1. The topological polar surface area (TPSA) is 66.4 Å². The van der Waals surface area contributed by atoms with Crippen LogP contribution in [0.3, 0.4) is 0 Å². The molecule has 0 saturated carbocycles. The average Bonchev–Trinajstić information content (AvgIpc) is 2.66. The first kappa shape index (κ1) is 15.7. The average molecular weight is 334 g/mol. The second-order valence-corrected chi connectivity index (χ2v) is 6.23. The molecule has 1 aromatic heterocycles. The molecule has 0 amide bonds. The molecule has 2 heterocycles. The third-order valence-corrected chi connectivity index (χ3v) is 4.61. The molecular weight excluding hydrogens is 316 g/mol. The number of carbonyl (C=O) groups is 2. The van der Waals surface area contributed by atoms with Crippen LogP contribution in [0.5, 0.6) is 0 Å². The van der Waals surface area contributed by atoms with Gasteiger partial charge >= 0.3 is 0 Å². The van der Waals surface area contributed by atoms with Crippen LogP contribution in [0.4, 0.5) is 0 Å². The van der Waals surface area contributed by atoms with E-state index in [0.717, 1.165) is 19.6 Å². The summed E-state index contributed by atoms with van der Waals surface area (Å²) in [6.07, 6.45) is 4.29. The van der Waals surface area contributed by atoms with Crippen molar-refractivity contribution in [1.82, 2.24) is 19.8 Å². The summed E-state index contributed by atoms with van der Waals surface area (Å²) < 4.78 is 0. The van der Waals surface area contributed by atoms with E-state index in [1.165, 1.54) is 24.0 Å². The van der Waals surface area contributed by atoms with Gasteiger partial charge in [0.25, 0.3) is 0 Å². The molecule has 1 fully saturated rings. The molecule has 0 spiro atoms. The largest absolute Gasteiger partial charge is 0.366 e. The number of Topliss-reactive ketones (excluding diaryl/α,β-unsaturated/α-hetero) is 1. The Balaban J connectivity index is 1.45. The Morgan fingerprint density at radius 3 is 2.28 bits per heavy atom. The van der Waals surface area contributed by atoms with E-state index in [-0.39, 0.29) is 23.0 Å². The minimum atomic E-state index is -0.246. The van der Waals surface area contributed by atoms with Crippen molar-refractivity contribution in [2.75, 3.05) is 26.2 Å². The van der Waals surface area contributed by atoms with Gasteiger partial charge in [-0.25, -0.2) is 9.97 Å². The van der Waals surface area contributed by atoms with E-state index in [1.807, 2.05) is 23.1 Å². The van der Waals surface area contributed by atoms with Crippen LogP contribution in [0.1, 0.15) is 26.5 Å². The van der Waals surface area contributed by atoms with E-state index >= 15 is 0 Å². The number of rotatable bonds is 3. The molecule has 2 aliphatic rings. The van der Waals surface area contributed by atoms with E-state index < -0.39 is 0 Å². The van der Waals surface area contributed by atoms with Crippen LogP contribution >= 0.6 is 0 Å². The second-order valence-electron chi connectivity index (χ2n) is 6.23. The van der Waals surface area contributed by atoms with Crippen molar-refractivity contribution in [3.05, 3.63) is 71.4 Å². The van der Waals surface area contributed by atoms with Crippen LogP contribution in [0.25, 0.3) is 0 Å². The van der Waals surface area contributed by atoms with Crippen LogP contribution in [0.15, 0.2) is 54.5 Å². The summed E-state index contributed by atoms with van der Waals surface area (Å²) in [5.74, 6) is -0.455. The monoisotopic (exact) mass is 334 g/mol. The van der Waals surface area contributed by atoms with E-state index in [0.29, 0.717) is 18.8 Å². The number of hydrogen-bond donors (Lipinski definition) is 0. The second kappa shape index (κ2) is 6.57. The summed E-state index contributed by atoms with van der Waals surface area (Å²) in [6, 6.07) is 10.3. The molecule has 1 aromatic carbocycles. The summed E-state index contributed by atoms with van der Waals surface area (Å²) in [6.45, 7) is 4.03. The Hall–Kier alpha value is -2.86. The maximum atomic E-state index is 12.7. The molecule has 0 radical (unpaired) electrons. The molecular formula is C19H18N4O2. The fraction of sp³-hybridized carbons (Fsp3) is 0.263. The number of nitrogens with zero attached hydrogens (tertiary/aromatic N) is 4. The molecule has 0 N–H and O–H groups in total. The lowest BCUT2D eigenvalue weighted by atomic mass is 10.0. The van der Waals surface area contributed by atoms with Gasteiger partial charge in [0.2, 0.25) is 11.6 Å². The van der Waals surface area contributed by atoms with Crippen molar-refractivity contribution in [3.8, 4) is 0 Å².